The summed E-state index contributed by atoms with van der Waals surface area (Å²) in [6, 6.07) is 9.71. The first kappa shape index (κ1) is 19.9. The van der Waals surface area contributed by atoms with E-state index in [1.54, 1.807) is 30.3 Å². The lowest BCUT2D eigenvalue weighted by Crippen LogP contribution is -2.12. The molecule has 2 aromatic carbocycles. The molecule has 1 heterocycles. The van der Waals surface area contributed by atoms with Gasteiger partial charge in [-0.2, -0.15) is 0 Å². The Labute approximate surface area is 171 Å². The van der Waals surface area contributed by atoms with Gasteiger partial charge in [-0.1, -0.05) is 28.4 Å². The lowest BCUT2D eigenvalue weighted by molar-refractivity contribution is 0.101. The molecule has 0 fully saturated rings. The van der Waals surface area contributed by atoms with Gasteiger partial charge in [0.25, 0.3) is 5.91 Å². The van der Waals surface area contributed by atoms with Crippen LogP contribution in [-0.4, -0.2) is 32.4 Å². The summed E-state index contributed by atoms with van der Waals surface area (Å²) in [4.78, 5) is 12.5. The van der Waals surface area contributed by atoms with Crippen LogP contribution in [0.25, 0.3) is 11.3 Å². The molecule has 3 rings (SSSR count). The highest BCUT2D eigenvalue weighted by molar-refractivity contribution is 6.42. The van der Waals surface area contributed by atoms with Crippen LogP contribution < -0.4 is 19.5 Å². The molecule has 0 saturated carbocycles. The van der Waals surface area contributed by atoms with Gasteiger partial charge in [-0.3, -0.25) is 4.79 Å². The van der Waals surface area contributed by atoms with E-state index in [2.05, 4.69) is 10.5 Å². The summed E-state index contributed by atoms with van der Waals surface area (Å²) in [6.07, 6.45) is 0. The van der Waals surface area contributed by atoms with E-state index in [4.69, 9.17) is 41.9 Å². The van der Waals surface area contributed by atoms with Gasteiger partial charge in [0.1, 0.15) is 0 Å². The van der Waals surface area contributed by atoms with E-state index in [9.17, 15) is 4.79 Å². The molecule has 1 amide bonds. The van der Waals surface area contributed by atoms with Crippen molar-refractivity contribution in [2.75, 3.05) is 26.6 Å². The average Bonchev–Trinajstić information content (AvgIpc) is 3.19. The summed E-state index contributed by atoms with van der Waals surface area (Å²) in [6.45, 7) is 0. The van der Waals surface area contributed by atoms with E-state index < -0.39 is 5.91 Å². The molecule has 9 heteroatoms. The van der Waals surface area contributed by atoms with Crippen LogP contribution in [0.1, 0.15) is 10.5 Å². The number of nitrogens with zero attached hydrogens (tertiary/aromatic N) is 1. The lowest BCUT2D eigenvalue weighted by Gasteiger charge is -2.14. The molecule has 1 N–H and O–H groups in total. The van der Waals surface area contributed by atoms with Crippen LogP contribution in [0.4, 0.5) is 5.69 Å². The van der Waals surface area contributed by atoms with Crippen molar-refractivity contribution in [1.82, 2.24) is 5.16 Å². The number of methoxy groups -OCH3 is 3. The minimum absolute atomic E-state index is 0.0924. The lowest BCUT2D eigenvalue weighted by atomic mass is 10.1. The molecule has 0 aliphatic carbocycles. The van der Waals surface area contributed by atoms with Gasteiger partial charge in [0.15, 0.2) is 23.0 Å². The standard InChI is InChI=1S/C19H16Cl2N2O5/c1-25-16-7-11(8-17(26-2)18(16)27-3)22-19(24)14-9-15(28-23-14)10-4-5-12(20)13(21)6-10/h4-9H,1-3H3,(H,22,24). The number of hydrogen-bond acceptors (Lipinski definition) is 6. The topological polar surface area (TPSA) is 82.8 Å². The number of nitrogens with one attached hydrogen (secondary N) is 1. The highest BCUT2D eigenvalue weighted by Gasteiger charge is 2.18. The van der Waals surface area contributed by atoms with Gasteiger partial charge in [-0.05, 0) is 18.2 Å². The van der Waals surface area contributed by atoms with Crippen molar-refractivity contribution >= 4 is 34.8 Å². The van der Waals surface area contributed by atoms with E-state index in [1.165, 1.54) is 27.4 Å². The summed E-state index contributed by atoms with van der Waals surface area (Å²) in [5.41, 5.74) is 1.18. The number of ether oxygens (including phenoxy) is 3. The van der Waals surface area contributed by atoms with Crippen LogP contribution in [-0.2, 0) is 0 Å². The third kappa shape index (κ3) is 4.00. The minimum Gasteiger partial charge on any atom is -0.493 e. The fourth-order valence-electron chi connectivity index (χ4n) is 2.52. The normalized spacial score (nSPS) is 10.5. The number of carbonyl (C=O) groups is 1. The third-order valence-electron chi connectivity index (χ3n) is 3.87. The molecule has 7 nitrogen and oxygen atoms in total. The predicted molar refractivity (Wildman–Crippen MR) is 106 cm³/mol. The SMILES string of the molecule is COc1cc(NC(=O)c2cc(-c3ccc(Cl)c(Cl)c3)on2)cc(OC)c1OC. The molecule has 0 bridgehead atoms. The Morgan fingerprint density at radius 3 is 2.21 bits per heavy atom. The fourth-order valence-corrected chi connectivity index (χ4v) is 2.81. The van der Waals surface area contributed by atoms with Crippen molar-refractivity contribution in [3.8, 4) is 28.6 Å². The molecule has 3 aromatic rings. The number of rotatable bonds is 6. The number of benzene rings is 2. The fraction of sp³-hybridized carbons (Fsp3) is 0.158. The van der Waals surface area contributed by atoms with E-state index in [0.29, 0.717) is 44.3 Å². The maximum absolute atomic E-state index is 12.5. The summed E-state index contributed by atoms with van der Waals surface area (Å²) in [5, 5.41) is 7.33. The van der Waals surface area contributed by atoms with Gasteiger partial charge in [-0.25, -0.2) is 0 Å². The summed E-state index contributed by atoms with van der Waals surface area (Å²) in [7, 11) is 4.48. The summed E-state index contributed by atoms with van der Waals surface area (Å²) >= 11 is 11.9. The maximum atomic E-state index is 12.5. The Bertz CT molecular complexity index is 994. The van der Waals surface area contributed by atoms with E-state index in [-0.39, 0.29) is 5.69 Å². The molecule has 0 radical (unpaired) electrons. The van der Waals surface area contributed by atoms with Gasteiger partial charge >= 0.3 is 0 Å². The molecule has 0 aliphatic rings. The number of anilines is 1. The number of hydrogen-bond donors (Lipinski definition) is 1. The maximum Gasteiger partial charge on any atom is 0.277 e. The first-order chi connectivity index (χ1) is 13.5. The molecular weight excluding hydrogens is 407 g/mol. The van der Waals surface area contributed by atoms with Gasteiger partial charge in [0.2, 0.25) is 5.75 Å². The highest BCUT2D eigenvalue weighted by Crippen LogP contribution is 2.40. The van der Waals surface area contributed by atoms with Crippen molar-refractivity contribution < 1.29 is 23.5 Å². The smallest absolute Gasteiger partial charge is 0.277 e. The molecule has 0 aliphatic heterocycles. The largest absolute Gasteiger partial charge is 0.493 e. The number of amides is 1. The molecule has 28 heavy (non-hydrogen) atoms. The summed E-state index contributed by atoms with van der Waals surface area (Å²) in [5.74, 6) is 1.16. The minimum atomic E-state index is -0.468. The second kappa shape index (κ2) is 8.41. The number of halogens is 2. The Hall–Kier alpha value is -2.90. The van der Waals surface area contributed by atoms with Gasteiger partial charge in [0, 0.05) is 29.4 Å². The van der Waals surface area contributed by atoms with E-state index in [0.717, 1.165) is 0 Å². The van der Waals surface area contributed by atoms with Crippen LogP contribution in [0.15, 0.2) is 40.9 Å². The molecule has 0 saturated heterocycles. The molecule has 0 spiro atoms. The zero-order valence-electron chi connectivity index (χ0n) is 15.2. The van der Waals surface area contributed by atoms with Crippen molar-refractivity contribution in [3.05, 3.63) is 52.1 Å². The summed E-state index contributed by atoms with van der Waals surface area (Å²) < 4.78 is 21.1. The Morgan fingerprint density at radius 1 is 0.964 bits per heavy atom. The van der Waals surface area contributed by atoms with Gasteiger partial charge < -0.3 is 24.1 Å². The van der Waals surface area contributed by atoms with Gasteiger partial charge in [0.05, 0.1) is 31.4 Å². The second-order valence-corrected chi connectivity index (χ2v) is 6.39. The van der Waals surface area contributed by atoms with Crippen LogP contribution in [0.5, 0.6) is 17.2 Å². The van der Waals surface area contributed by atoms with Crippen LogP contribution >= 0.6 is 23.2 Å². The van der Waals surface area contributed by atoms with Crippen LogP contribution in [0.2, 0.25) is 10.0 Å². The van der Waals surface area contributed by atoms with Crippen molar-refractivity contribution in [2.24, 2.45) is 0 Å². The first-order valence-corrected chi connectivity index (χ1v) is 8.76. The Morgan fingerprint density at radius 2 is 1.64 bits per heavy atom. The molecule has 146 valence electrons. The molecular formula is C19H16Cl2N2O5. The van der Waals surface area contributed by atoms with Crippen molar-refractivity contribution in [1.29, 1.82) is 0 Å². The zero-order valence-corrected chi connectivity index (χ0v) is 16.7. The first-order valence-electron chi connectivity index (χ1n) is 8.00. The van der Waals surface area contributed by atoms with Gasteiger partial charge in [-0.15, -0.1) is 0 Å². The Balaban J connectivity index is 1.84. The van der Waals surface area contributed by atoms with E-state index in [1.807, 2.05) is 0 Å². The molecule has 0 atom stereocenters. The van der Waals surface area contributed by atoms with E-state index >= 15 is 0 Å². The zero-order chi connectivity index (χ0) is 20.3. The highest BCUT2D eigenvalue weighted by atomic mass is 35.5. The number of carbonyl (C=O) groups excluding carboxylic acids is 1. The third-order valence-corrected chi connectivity index (χ3v) is 4.61. The van der Waals surface area contributed by atoms with Crippen molar-refractivity contribution in [3.63, 3.8) is 0 Å². The quantitative estimate of drug-likeness (QED) is 0.606. The van der Waals surface area contributed by atoms with Crippen LogP contribution in [0.3, 0.4) is 0 Å². The molecule has 0 unspecified atom stereocenters. The average molecular weight is 423 g/mol. The van der Waals surface area contributed by atoms with Crippen LogP contribution in [0, 0.1) is 0 Å². The second-order valence-electron chi connectivity index (χ2n) is 5.57. The predicted octanol–water partition coefficient (Wildman–Crippen LogP) is 4.93. The Kier molecular flexibility index (Phi) is 5.96. The molecule has 1 aromatic heterocycles. The number of aromatic nitrogens is 1. The van der Waals surface area contributed by atoms with Crippen molar-refractivity contribution in [2.45, 2.75) is 0 Å². The monoisotopic (exact) mass is 422 g/mol.